The first-order valence-electron chi connectivity index (χ1n) is 9.03. The fourth-order valence-electron chi connectivity index (χ4n) is 2.64. The predicted octanol–water partition coefficient (Wildman–Crippen LogP) is 2.45. The van der Waals surface area contributed by atoms with Crippen LogP contribution in [-0.4, -0.2) is 60.2 Å². The zero-order chi connectivity index (χ0) is 19.2. The van der Waals surface area contributed by atoms with Crippen molar-refractivity contribution in [3.8, 4) is 5.75 Å². The van der Waals surface area contributed by atoms with Gasteiger partial charge in [-0.15, -0.1) is 0 Å². The highest BCUT2D eigenvalue weighted by molar-refractivity contribution is 5.78. The average Bonchev–Trinajstić information content (AvgIpc) is 2.59. The Kier molecular flexibility index (Phi) is 6.71. The van der Waals surface area contributed by atoms with Gasteiger partial charge in [-0.05, 0) is 33.8 Å². The molecule has 26 heavy (non-hydrogen) atoms. The molecule has 2 N–H and O–H groups in total. The molecular weight excluding hydrogens is 332 g/mol. The van der Waals surface area contributed by atoms with Crippen molar-refractivity contribution in [1.82, 2.24) is 9.80 Å². The lowest BCUT2D eigenvalue weighted by Crippen LogP contribution is -2.53. The number of nitrogens with two attached hydrogens (primary N) is 1. The summed E-state index contributed by atoms with van der Waals surface area (Å²) in [4.78, 5) is 20.3. The first-order chi connectivity index (χ1) is 12.3. The van der Waals surface area contributed by atoms with Gasteiger partial charge in [0.05, 0.1) is 13.2 Å². The maximum absolute atomic E-state index is 12.1. The second-order valence-electron chi connectivity index (χ2n) is 7.17. The second-order valence-corrected chi connectivity index (χ2v) is 7.17. The minimum Gasteiger partial charge on any atom is -0.494 e. The molecule has 1 saturated heterocycles. The summed E-state index contributed by atoms with van der Waals surface area (Å²) in [5.41, 5.74) is 6.66. The monoisotopic (exact) mass is 362 g/mol. The number of aliphatic imine (C=N–C) groups is 1. The first-order valence-corrected chi connectivity index (χ1v) is 9.03. The largest absolute Gasteiger partial charge is 0.494 e. The number of para-hydroxylation sites is 1. The van der Waals surface area contributed by atoms with Crippen molar-refractivity contribution < 1.29 is 14.3 Å². The van der Waals surface area contributed by atoms with Crippen molar-refractivity contribution in [2.75, 3.05) is 32.8 Å². The molecule has 0 bridgehead atoms. The maximum atomic E-state index is 12.1. The number of hydrogen-bond acceptors (Lipinski definition) is 4. The van der Waals surface area contributed by atoms with Gasteiger partial charge in [-0.2, -0.15) is 0 Å². The van der Waals surface area contributed by atoms with Crippen LogP contribution in [0.1, 0.15) is 33.3 Å². The van der Waals surface area contributed by atoms with Crippen LogP contribution in [0.5, 0.6) is 5.75 Å². The average molecular weight is 362 g/mol. The lowest BCUT2D eigenvalue weighted by atomic mass is 10.2. The Bertz CT molecular complexity index is 632. The summed E-state index contributed by atoms with van der Waals surface area (Å²) in [6.07, 6.45) is -0.279. The van der Waals surface area contributed by atoms with E-state index in [1.54, 1.807) is 4.90 Å². The highest BCUT2D eigenvalue weighted by Gasteiger charge is 2.26. The van der Waals surface area contributed by atoms with Gasteiger partial charge in [0.15, 0.2) is 5.96 Å². The molecule has 2 rings (SSSR count). The van der Waals surface area contributed by atoms with Crippen molar-refractivity contribution in [3.05, 3.63) is 29.8 Å². The zero-order valence-electron chi connectivity index (χ0n) is 16.2. The van der Waals surface area contributed by atoms with Crippen molar-refractivity contribution in [1.29, 1.82) is 0 Å². The molecule has 0 radical (unpaired) electrons. The number of guanidine groups is 1. The van der Waals surface area contributed by atoms with Crippen molar-refractivity contribution in [3.63, 3.8) is 0 Å². The summed E-state index contributed by atoms with van der Waals surface area (Å²) < 4.78 is 11.0. The highest BCUT2D eigenvalue weighted by Crippen LogP contribution is 2.19. The summed E-state index contributed by atoms with van der Waals surface area (Å²) in [7, 11) is 0. The van der Waals surface area contributed by atoms with E-state index in [1.165, 1.54) is 0 Å². The molecular formula is C19H30N4O3. The number of carbonyl (C=O) groups excluding carboxylic acids is 1. The molecule has 144 valence electrons. The number of carbonyl (C=O) groups is 1. The molecule has 1 aromatic rings. The summed E-state index contributed by atoms with van der Waals surface area (Å²) in [6.45, 7) is 11.1. The van der Waals surface area contributed by atoms with Gasteiger partial charge >= 0.3 is 6.09 Å². The van der Waals surface area contributed by atoms with E-state index >= 15 is 0 Å². The van der Waals surface area contributed by atoms with E-state index in [9.17, 15) is 4.79 Å². The second kappa shape index (κ2) is 8.78. The Balaban J connectivity index is 1.89. The van der Waals surface area contributed by atoms with E-state index < -0.39 is 5.60 Å². The molecule has 1 aliphatic rings. The molecule has 1 amide bonds. The Labute approximate surface area is 155 Å². The van der Waals surface area contributed by atoms with Crippen LogP contribution >= 0.6 is 0 Å². The topological polar surface area (TPSA) is 80.4 Å². The lowest BCUT2D eigenvalue weighted by Gasteiger charge is -2.36. The van der Waals surface area contributed by atoms with Gasteiger partial charge in [-0.25, -0.2) is 9.79 Å². The molecule has 0 saturated carbocycles. The third-order valence-corrected chi connectivity index (χ3v) is 3.94. The lowest BCUT2D eigenvalue weighted by molar-refractivity contribution is 0.0186. The van der Waals surface area contributed by atoms with Crippen LogP contribution in [0.3, 0.4) is 0 Å². The maximum Gasteiger partial charge on any atom is 0.410 e. The van der Waals surface area contributed by atoms with E-state index in [0.717, 1.165) is 11.3 Å². The molecule has 0 aliphatic carbocycles. The van der Waals surface area contributed by atoms with Crippen LogP contribution in [0.2, 0.25) is 0 Å². The van der Waals surface area contributed by atoms with Gasteiger partial charge in [0.2, 0.25) is 0 Å². The molecule has 1 fully saturated rings. The third kappa shape index (κ3) is 5.82. The number of hydrogen-bond donors (Lipinski definition) is 1. The Hall–Kier alpha value is -2.44. The SMILES string of the molecule is CCOc1ccccc1CN=C(N)N1CCN(C(=O)OC(C)(C)C)CC1. The summed E-state index contributed by atoms with van der Waals surface area (Å²) in [6, 6.07) is 7.83. The highest BCUT2D eigenvalue weighted by atomic mass is 16.6. The molecule has 7 heteroatoms. The minimum atomic E-state index is -0.483. The smallest absolute Gasteiger partial charge is 0.410 e. The van der Waals surface area contributed by atoms with E-state index in [1.807, 2.05) is 56.9 Å². The fraction of sp³-hybridized carbons (Fsp3) is 0.579. The van der Waals surface area contributed by atoms with E-state index in [4.69, 9.17) is 15.2 Å². The molecule has 0 spiro atoms. The molecule has 0 aromatic heterocycles. The van der Waals surface area contributed by atoms with E-state index in [2.05, 4.69) is 4.99 Å². The Morgan fingerprint density at radius 1 is 1.15 bits per heavy atom. The number of piperazine rings is 1. The molecule has 1 aliphatic heterocycles. The van der Waals surface area contributed by atoms with E-state index in [0.29, 0.717) is 45.3 Å². The van der Waals surface area contributed by atoms with Gasteiger partial charge in [-0.1, -0.05) is 18.2 Å². The summed E-state index contributed by atoms with van der Waals surface area (Å²) >= 11 is 0. The van der Waals surface area contributed by atoms with Crippen LogP contribution in [0.15, 0.2) is 29.3 Å². The summed E-state index contributed by atoms with van der Waals surface area (Å²) in [5.74, 6) is 1.32. The number of amides is 1. The fourth-order valence-corrected chi connectivity index (χ4v) is 2.64. The normalized spacial score (nSPS) is 15.8. The van der Waals surface area contributed by atoms with Gasteiger partial charge in [0.25, 0.3) is 0 Å². The molecule has 1 aromatic carbocycles. The minimum absolute atomic E-state index is 0.279. The number of benzene rings is 1. The molecule has 1 heterocycles. The van der Waals surface area contributed by atoms with Gasteiger partial charge in [-0.3, -0.25) is 0 Å². The van der Waals surface area contributed by atoms with Crippen molar-refractivity contribution in [2.24, 2.45) is 10.7 Å². The van der Waals surface area contributed by atoms with Crippen LogP contribution in [-0.2, 0) is 11.3 Å². The van der Waals surface area contributed by atoms with Gasteiger partial charge < -0.3 is 25.0 Å². The number of rotatable bonds is 4. The first kappa shape index (κ1) is 19.9. The zero-order valence-corrected chi connectivity index (χ0v) is 16.2. The molecule has 0 unspecified atom stereocenters. The van der Waals surface area contributed by atoms with Crippen LogP contribution < -0.4 is 10.5 Å². The number of nitrogens with zero attached hydrogens (tertiary/aromatic N) is 3. The van der Waals surface area contributed by atoms with Crippen molar-refractivity contribution in [2.45, 2.75) is 39.8 Å². The Morgan fingerprint density at radius 2 is 1.77 bits per heavy atom. The quantitative estimate of drug-likeness (QED) is 0.657. The van der Waals surface area contributed by atoms with Gasteiger partial charge in [0.1, 0.15) is 11.4 Å². The van der Waals surface area contributed by atoms with Crippen LogP contribution in [0.25, 0.3) is 0 Å². The number of ether oxygens (including phenoxy) is 2. The predicted molar refractivity (Wildman–Crippen MR) is 102 cm³/mol. The standard InChI is InChI=1S/C19H30N4O3/c1-5-25-16-9-7-6-8-15(16)14-21-17(20)22-10-12-23(13-11-22)18(24)26-19(2,3)4/h6-9H,5,10-14H2,1-4H3,(H2,20,21). The Morgan fingerprint density at radius 3 is 2.38 bits per heavy atom. The summed E-state index contributed by atoms with van der Waals surface area (Å²) in [5, 5.41) is 0. The van der Waals surface area contributed by atoms with Gasteiger partial charge in [0, 0.05) is 31.7 Å². The van der Waals surface area contributed by atoms with Crippen molar-refractivity contribution >= 4 is 12.1 Å². The van der Waals surface area contributed by atoms with Crippen LogP contribution in [0.4, 0.5) is 4.79 Å². The van der Waals surface area contributed by atoms with E-state index in [-0.39, 0.29) is 6.09 Å². The third-order valence-electron chi connectivity index (χ3n) is 3.94. The molecule has 0 atom stereocenters. The van der Waals surface area contributed by atoms with Crippen LogP contribution in [0, 0.1) is 0 Å². The molecule has 7 nitrogen and oxygen atoms in total.